The monoisotopic (exact) mass is 395 g/mol. The molecule has 1 aliphatic heterocycles. The molecule has 2 amide bonds. The van der Waals surface area contributed by atoms with Crippen LogP contribution in [0.5, 0.6) is 0 Å². The quantitative estimate of drug-likeness (QED) is 0.675. The van der Waals surface area contributed by atoms with Gasteiger partial charge in [-0.2, -0.15) is 0 Å². The molecule has 4 rings (SSSR count). The van der Waals surface area contributed by atoms with Crippen LogP contribution in [-0.2, 0) is 11.2 Å². The zero-order valence-corrected chi connectivity index (χ0v) is 16.2. The highest BCUT2D eigenvalue weighted by Crippen LogP contribution is 2.29. The first-order valence-electron chi connectivity index (χ1n) is 8.87. The van der Waals surface area contributed by atoms with Gasteiger partial charge in [0.1, 0.15) is 5.82 Å². The second-order valence-corrected chi connectivity index (χ2v) is 7.71. The fourth-order valence-electron chi connectivity index (χ4n) is 3.30. The predicted molar refractivity (Wildman–Crippen MR) is 108 cm³/mol. The molecule has 1 aromatic heterocycles. The van der Waals surface area contributed by atoms with Gasteiger partial charge in [0.05, 0.1) is 11.3 Å². The molecule has 1 aliphatic rings. The van der Waals surface area contributed by atoms with Crippen molar-refractivity contribution in [1.82, 2.24) is 4.98 Å². The largest absolute Gasteiger partial charge is 0.326 e. The first kappa shape index (κ1) is 18.3. The summed E-state index contributed by atoms with van der Waals surface area (Å²) in [4.78, 5) is 28.5. The van der Waals surface area contributed by atoms with Crippen molar-refractivity contribution in [2.24, 2.45) is 0 Å². The lowest BCUT2D eigenvalue weighted by molar-refractivity contribution is -0.116. The maximum Gasteiger partial charge on any atom is 0.260 e. The van der Waals surface area contributed by atoms with E-state index in [2.05, 4.69) is 21.7 Å². The molecule has 142 valence electrons. The van der Waals surface area contributed by atoms with Gasteiger partial charge in [-0.25, -0.2) is 9.37 Å². The highest BCUT2D eigenvalue weighted by atomic mass is 32.1. The zero-order valence-electron chi connectivity index (χ0n) is 15.4. The van der Waals surface area contributed by atoms with E-state index in [9.17, 15) is 14.0 Å². The number of aromatic nitrogens is 1. The smallest absolute Gasteiger partial charge is 0.260 e. The second kappa shape index (κ2) is 7.16. The Labute approximate surface area is 165 Å². The van der Waals surface area contributed by atoms with E-state index >= 15 is 0 Å². The molecule has 0 radical (unpaired) electrons. The van der Waals surface area contributed by atoms with Gasteiger partial charge in [0.25, 0.3) is 5.91 Å². The van der Waals surface area contributed by atoms with Gasteiger partial charge in [-0.05, 0) is 43.5 Å². The molecule has 0 saturated carbocycles. The van der Waals surface area contributed by atoms with Crippen molar-refractivity contribution in [2.45, 2.75) is 26.7 Å². The average molecular weight is 395 g/mol. The summed E-state index contributed by atoms with van der Waals surface area (Å²) in [5.41, 5.74) is 5.16. The van der Waals surface area contributed by atoms with Crippen molar-refractivity contribution in [3.8, 4) is 11.3 Å². The van der Waals surface area contributed by atoms with E-state index in [0.29, 0.717) is 23.7 Å². The Morgan fingerprint density at radius 3 is 2.82 bits per heavy atom. The lowest BCUT2D eigenvalue weighted by Gasteiger charge is -2.17. The van der Waals surface area contributed by atoms with Crippen LogP contribution in [0.15, 0.2) is 35.7 Å². The summed E-state index contributed by atoms with van der Waals surface area (Å²) in [6.07, 6.45) is 0.807. The molecular formula is C21H18FN3O2S. The van der Waals surface area contributed by atoms with Gasteiger partial charge in [-0.1, -0.05) is 23.8 Å². The maximum atomic E-state index is 14.4. The van der Waals surface area contributed by atoms with E-state index in [1.807, 2.05) is 31.4 Å². The van der Waals surface area contributed by atoms with E-state index in [4.69, 9.17) is 0 Å². The van der Waals surface area contributed by atoms with E-state index < -0.39 is 11.7 Å². The molecule has 0 bridgehead atoms. The third kappa shape index (κ3) is 3.53. The molecule has 0 saturated heterocycles. The first-order valence-corrected chi connectivity index (χ1v) is 9.75. The van der Waals surface area contributed by atoms with E-state index in [1.165, 1.54) is 29.0 Å². The van der Waals surface area contributed by atoms with Crippen LogP contribution in [0.4, 0.5) is 15.2 Å². The minimum absolute atomic E-state index is 0.0573. The van der Waals surface area contributed by atoms with Crippen LogP contribution in [0.3, 0.4) is 0 Å². The van der Waals surface area contributed by atoms with Crippen LogP contribution >= 0.6 is 11.3 Å². The van der Waals surface area contributed by atoms with Crippen molar-refractivity contribution >= 4 is 34.0 Å². The van der Waals surface area contributed by atoms with Crippen molar-refractivity contribution in [3.05, 3.63) is 63.8 Å². The van der Waals surface area contributed by atoms with E-state index in [-0.39, 0.29) is 11.5 Å². The van der Waals surface area contributed by atoms with Crippen LogP contribution in [0.25, 0.3) is 11.3 Å². The van der Waals surface area contributed by atoms with Gasteiger partial charge in [0, 0.05) is 23.1 Å². The Bertz CT molecular complexity index is 1110. The van der Waals surface area contributed by atoms with Gasteiger partial charge in [-0.3, -0.25) is 14.9 Å². The van der Waals surface area contributed by atoms with Gasteiger partial charge < -0.3 is 5.32 Å². The molecule has 5 nitrogen and oxygen atoms in total. The minimum Gasteiger partial charge on any atom is -0.326 e. The molecular weight excluding hydrogens is 377 g/mol. The fourth-order valence-corrected chi connectivity index (χ4v) is 4.00. The number of thiazole rings is 1. The second-order valence-electron chi connectivity index (χ2n) is 6.85. The third-order valence-corrected chi connectivity index (χ3v) is 5.47. The molecule has 2 N–H and O–H groups in total. The Hall–Kier alpha value is -3.06. The molecule has 2 heterocycles. The summed E-state index contributed by atoms with van der Waals surface area (Å²) in [6.45, 7) is 4.04. The molecule has 0 atom stereocenters. The Morgan fingerprint density at radius 2 is 2.04 bits per heavy atom. The van der Waals surface area contributed by atoms with Gasteiger partial charge in [0.2, 0.25) is 5.91 Å². The summed E-state index contributed by atoms with van der Waals surface area (Å²) in [6, 6.07) is 8.79. The summed E-state index contributed by atoms with van der Waals surface area (Å²) in [7, 11) is 0. The Balaban J connectivity index is 1.56. The number of benzene rings is 2. The lowest BCUT2D eigenvalue weighted by atomic mass is 9.99. The number of rotatable bonds is 3. The fraction of sp³-hybridized carbons (Fsp3) is 0.190. The van der Waals surface area contributed by atoms with Gasteiger partial charge >= 0.3 is 0 Å². The summed E-state index contributed by atoms with van der Waals surface area (Å²) in [5.74, 6) is -1.38. The number of carbonyl (C=O) groups excluding carboxylic acids is 2. The number of amides is 2. The number of aryl methyl sites for hydroxylation is 3. The van der Waals surface area contributed by atoms with Crippen LogP contribution < -0.4 is 10.6 Å². The highest BCUT2D eigenvalue weighted by Gasteiger charge is 2.21. The molecule has 0 spiro atoms. The molecule has 7 heteroatoms. The number of fused-ring (bicyclic) bond motifs is 1. The lowest BCUT2D eigenvalue weighted by Crippen LogP contribution is -2.21. The maximum absolute atomic E-state index is 14.4. The van der Waals surface area contributed by atoms with E-state index in [1.54, 1.807) is 0 Å². The van der Waals surface area contributed by atoms with Crippen LogP contribution in [0.2, 0.25) is 0 Å². The number of hydrogen-bond acceptors (Lipinski definition) is 4. The number of halogens is 1. The summed E-state index contributed by atoms with van der Waals surface area (Å²) < 4.78 is 14.4. The SMILES string of the molecule is Cc1ccc(-c2csc(NC(=O)c3cc4c(cc3F)NC(=O)CC4)n2)c(C)c1. The van der Waals surface area contributed by atoms with Gasteiger partial charge in [0.15, 0.2) is 5.13 Å². The molecule has 0 fully saturated rings. The standard InChI is InChI=1S/C21H18FN3O2S/c1-11-3-5-14(12(2)7-11)18-10-28-21(24-18)25-20(27)15-8-13-4-6-19(26)23-17(13)9-16(15)22/h3,5,7-10H,4,6H2,1-2H3,(H,23,26)(H,24,25,27). The first-order chi connectivity index (χ1) is 13.4. The predicted octanol–water partition coefficient (Wildman–Crippen LogP) is 4.70. The van der Waals surface area contributed by atoms with Crippen molar-refractivity contribution < 1.29 is 14.0 Å². The van der Waals surface area contributed by atoms with Crippen LogP contribution in [0, 0.1) is 19.7 Å². The van der Waals surface area contributed by atoms with Gasteiger partial charge in [-0.15, -0.1) is 11.3 Å². The Kier molecular flexibility index (Phi) is 4.68. The number of carbonyl (C=O) groups is 2. The molecule has 2 aromatic carbocycles. The van der Waals surface area contributed by atoms with Crippen LogP contribution in [-0.4, -0.2) is 16.8 Å². The van der Waals surface area contributed by atoms with E-state index in [0.717, 1.165) is 22.4 Å². The molecule has 3 aromatic rings. The van der Waals surface area contributed by atoms with Crippen molar-refractivity contribution in [1.29, 1.82) is 0 Å². The van der Waals surface area contributed by atoms with Crippen molar-refractivity contribution in [3.63, 3.8) is 0 Å². The molecule has 0 unspecified atom stereocenters. The minimum atomic E-state index is -0.676. The number of anilines is 2. The summed E-state index contributed by atoms with van der Waals surface area (Å²) >= 11 is 1.29. The zero-order chi connectivity index (χ0) is 19.8. The third-order valence-electron chi connectivity index (χ3n) is 4.72. The number of nitrogens with zero attached hydrogens (tertiary/aromatic N) is 1. The highest BCUT2D eigenvalue weighted by molar-refractivity contribution is 7.14. The normalized spacial score (nSPS) is 13.0. The summed E-state index contributed by atoms with van der Waals surface area (Å²) in [5, 5.41) is 7.58. The topological polar surface area (TPSA) is 71.1 Å². The number of nitrogens with one attached hydrogen (secondary N) is 2. The average Bonchev–Trinajstić information content (AvgIpc) is 3.09. The number of hydrogen-bond donors (Lipinski definition) is 2. The van der Waals surface area contributed by atoms with Crippen LogP contribution in [0.1, 0.15) is 33.5 Å². The Morgan fingerprint density at radius 1 is 1.21 bits per heavy atom. The molecule has 28 heavy (non-hydrogen) atoms. The molecule has 0 aliphatic carbocycles. The van der Waals surface area contributed by atoms with Crippen molar-refractivity contribution in [2.75, 3.05) is 10.6 Å².